The zero-order valence-electron chi connectivity index (χ0n) is 14.9. The van der Waals surface area contributed by atoms with Crippen molar-refractivity contribution in [1.82, 2.24) is 0 Å². The average Bonchev–Trinajstić information content (AvgIpc) is 3.27. The Morgan fingerprint density at radius 3 is 2.00 bits per heavy atom. The number of rotatable bonds is 5. The van der Waals surface area contributed by atoms with E-state index in [9.17, 15) is 14.4 Å². The molecule has 5 atom stereocenters. The second kappa shape index (κ2) is 5.44. The molecule has 6 N–H and O–H groups in total. The maximum Gasteiger partial charge on any atom is 0.229 e. The van der Waals surface area contributed by atoms with E-state index in [0.29, 0.717) is 5.56 Å². The number of primary amides is 3. The molecule has 2 fully saturated rings. The average molecular weight is 432 g/mol. The van der Waals surface area contributed by atoms with Crippen molar-refractivity contribution < 1.29 is 14.4 Å². The van der Waals surface area contributed by atoms with Gasteiger partial charge in [-0.25, -0.2) is 0 Å². The molecule has 1 spiro atoms. The third-order valence-electron chi connectivity index (χ3n) is 7.38. The molecule has 27 heavy (non-hydrogen) atoms. The van der Waals surface area contributed by atoms with Crippen LogP contribution < -0.4 is 17.2 Å². The van der Waals surface area contributed by atoms with Crippen LogP contribution in [0.15, 0.2) is 40.9 Å². The van der Waals surface area contributed by atoms with E-state index in [1.165, 1.54) is 0 Å². The second-order valence-corrected chi connectivity index (χ2v) is 9.03. The van der Waals surface area contributed by atoms with Crippen LogP contribution in [0.25, 0.3) is 0 Å². The van der Waals surface area contributed by atoms with Crippen LogP contribution in [0.5, 0.6) is 0 Å². The quantitative estimate of drug-likeness (QED) is 0.608. The molecular weight excluding hydrogens is 410 g/mol. The molecule has 0 radical (unpaired) electrons. The minimum Gasteiger partial charge on any atom is -0.369 e. The van der Waals surface area contributed by atoms with E-state index in [0.717, 1.165) is 17.3 Å². The van der Waals surface area contributed by atoms with Gasteiger partial charge in [0.15, 0.2) is 0 Å². The summed E-state index contributed by atoms with van der Waals surface area (Å²) in [5.41, 5.74) is 15.1. The van der Waals surface area contributed by atoms with Gasteiger partial charge in [-0.15, -0.1) is 0 Å². The van der Waals surface area contributed by atoms with E-state index in [-0.39, 0.29) is 17.3 Å². The number of hydrogen-bond donors (Lipinski definition) is 3. The number of amides is 3. The third-order valence-corrected chi connectivity index (χ3v) is 7.91. The van der Waals surface area contributed by atoms with Crippen molar-refractivity contribution in [2.75, 3.05) is 0 Å². The molecule has 0 unspecified atom stereocenters. The molecule has 3 amide bonds. The highest BCUT2D eigenvalue weighted by atomic mass is 79.9. The van der Waals surface area contributed by atoms with Crippen LogP contribution in [0, 0.1) is 28.6 Å². The van der Waals surface area contributed by atoms with Crippen LogP contribution in [0.4, 0.5) is 0 Å². The Bertz CT molecular complexity index is 892. The summed E-state index contributed by atoms with van der Waals surface area (Å²) in [5, 5.41) is 0. The fourth-order valence-electron chi connectivity index (χ4n) is 6.28. The lowest BCUT2D eigenvalue weighted by Crippen LogP contribution is -2.66. The van der Waals surface area contributed by atoms with E-state index in [2.05, 4.69) is 15.9 Å². The van der Waals surface area contributed by atoms with Gasteiger partial charge in [0.25, 0.3) is 0 Å². The first-order valence-electron chi connectivity index (χ1n) is 9.01. The van der Waals surface area contributed by atoms with Gasteiger partial charge in [0.2, 0.25) is 17.7 Å². The van der Waals surface area contributed by atoms with Gasteiger partial charge < -0.3 is 17.2 Å². The molecule has 2 bridgehead atoms. The number of halogens is 1. The molecule has 0 aromatic heterocycles. The lowest BCUT2D eigenvalue weighted by atomic mass is 9.49. The van der Waals surface area contributed by atoms with Crippen LogP contribution in [-0.2, 0) is 19.8 Å². The topological polar surface area (TPSA) is 129 Å². The molecular formula is C20H22BrN3O3. The number of hydrogen-bond acceptors (Lipinski definition) is 3. The predicted octanol–water partition coefficient (Wildman–Crippen LogP) is 1.36. The fourth-order valence-corrected chi connectivity index (χ4v) is 6.54. The highest BCUT2D eigenvalue weighted by Gasteiger charge is 2.84. The van der Waals surface area contributed by atoms with Crippen LogP contribution in [0.2, 0.25) is 0 Å². The molecule has 1 aromatic rings. The number of nitrogens with two attached hydrogens (primary N) is 3. The fraction of sp³-hybridized carbons (Fsp3) is 0.450. The van der Waals surface area contributed by atoms with Gasteiger partial charge in [0.1, 0.15) is 0 Å². The molecule has 142 valence electrons. The highest BCUT2D eigenvalue weighted by molar-refractivity contribution is 9.10. The van der Waals surface area contributed by atoms with Crippen LogP contribution >= 0.6 is 15.9 Å². The van der Waals surface area contributed by atoms with Crippen molar-refractivity contribution in [2.24, 2.45) is 45.8 Å². The Balaban J connectivity index is 2.12. The Hall–Kier alpha value is -2.15. The van der Waals surface area contributed by atoms with Gasteiger partial charge in [-0.1, -0.05) is 47.1 Å². The minimum absolute atomic E-state index is 0.263. The summed E-state index contributed by atoms with van der Waals surface area (Å²) in [5.74, 6) is -3.57. The molecule has 0 heterocycles. The van der Waals surface area contributed by atoms with Gasteiger partial charge in [-0.05, 0) is 41.9 Å². The number of carbonyl (C=O) groups excluding carboxylic acids is 3. The van der Waals surface area contributed by atoms with Gasteiger partial charge in [0, 0.05) is 10.4 Å². The van der Waals surface area contributed by atoms with Gasteiger partial charge in [-0.3, -0.25) is 14.4 Å². The van der Waals surface area contributed by atoms with Crippen molar-refractivity contribution in [3.05, 3.63) is 46.5 Å². The molecule has 6 nitrogen and oxygen atoms in total. The Kier molecular flexibility index (Phi) is 3.67. The van der Waals surface area contributed by atoms with E-state index in [1.807, 2.05) is 12.2 Å². The van der Waals surface area contributed by atoms with Crippen LogP contribution in [0.1, 0.15) is 25.3 Å². The first-order valence-corrected chi connectivity index (χ1v) is 9.80. The summed E-state index contributed by atoms with van der Waals surface area (Å²) < 4.78 is 0.832. The zero-order valence-corrected chi connectivity index (χ0v) is 16.5. The molecule has 3 aliphatic carbocycles. The lowest BCUT2D eigenvalue weighted by molar-refractivity contribution is -0.152. The van der Waals surface area contributed by atoms with Gasteiger partial charge in [-0.2, -0.15) is 0 Å². The summed E-state index contributed by atoms with van der Waals surface area (Å²) in [6.45, 7) is 1.59. The van der Waals surface area contributed by atoms with Gasteiger partial charge >= 0.3 is 0 Å². The number of allylic oxidation sites excluding steroid dienone is 2. The van der Waals surface area contributed by atoms with Crippen molar-refractivity contribution in [2.45, 2.75) is 25.2 Å². The maximum atomic E-state index is 13.2. The second-order valence-electron chi connectivity index (χ2n) is 8.11. The number of carbonyl (C=O) groups is 3. The standard InChI is InChI=1S/C20H22BrN3O3/c1-10(15(22)25)19(16(23)26)13-6-7-14(18(13)8-9-18)20(19,17(24)27)11-2-4-12(21)5-3-11/h2-7,10,13-14H,8-9H2,1H3,(H2,22,25)(H2,23,26)(H2,24,27)/t10-,13-,14+,19-,20-/m1/s1. The molecule has 2 saturated carbocycles. The molecule has 1 aromatic carbocycles. The lowest BCUT2D eigenvalue weighted by Gasteiger charge is -2.50. The van der Waals surface area contributed by atoms with Crippen LogP contribution in [0.3, 0.4) is 0 Å². The molecule has 7 heteroatoms. The summed E-state index contributed by atoms with van der Waals surface area (Å²) in [6.07, 6.45) is 5.66. The van der Waals surface area contributed by atoms with E-state index < -0.39 is 34.5 Å². The van der Waals surface area contributed by atoms with E-state index in [1.54, 1.807) is 31.2 Å². The summed E-state index contributed by atoms with van der Waals surface area (Å²) in [4.78, 5) is 38.6. The van der Waals surface area contributed by atoms with Crippen molar-refractivity contribution in [3.8, 4) is 0 Å². The monoisotopic (exact) mass is 431 g/mol. The Morgan fingerprint density at radius 2 is 1.56 bits per heavy atom. The normalized spacial score (nSPS) is 35.9. The number of benzene rings is 1. The van der Waals surface area contributed by atoms with Crippen molar-refractivity contribution in [1.29, 1.82) is 0 Å². The predicted molar refractivity (Wildman–Crippen MR) is 103 cm³/mol. The molecule has 0 aliphatic heterocycles. The smallest absolute Gasteiger partial charge is 0.229 e. The summed E-state index contributed by atoms with van der Waals surface area (Å²) in [7, 11) is 0. The first kappa shape index (κ1) is 18.2. The molecule has 4 rings (SSSR count). The minimum atomic E-state index is -1.49. The first-order chi connectivity index (χ1) is 12.7. The maximum absolute atomic E-state index is 13.2. The SMILES string of the molecule is C[C@H](C(N)=O)[C@]1(C(N)=O)[C@@H]2C=C[C@@H](C23CC3)[C@@]1(C(N)=O)c1ccc(Br)cc1. The summed E-state index contributed by atoms with van der Waals surface area (Å²) >= 11 is 3.40. The zero-order chi connectivity index (χ0) is 19.8. The summed E-state index contributed by atoms with van der Waals surface area (Å²) in [6, 6.07) is 7.17. The highest BCUT2D eigenvalue weighted by Crippen LogP contribution is 2.81. The van der Waals surface area contributed by atoms with Crippen molar-refractivity contribution in [3.63, 3.8) is 0 Å². The molecule has 3 aliphatic rings. The van der Waals surface area contributed by atoms with Crippen molar-refractivity contribution >= 4 is 33.7 Å². The largest absolute Gasteiger partial charge is 0.369 e. The Morgan fingerprint density at radius 1 is 1.00 bits per heavy atom. The third kappa shape index (κ3) is 1.83. The molecule has 0 saturated heterocycles. The van der Waals surface area contributed by atoms with Gasteiger partial charge in [0.05, 0.1) is 16.7 Å². The van der Waals surface area contributed by atoms with Crippen LogP contribution in [-0.4, -0.2) is 17.7 Å². The van der Waals surface area contributed by atoms with E-state index in [4.69, 9.17) is 17.2 Å². The Labute approximate surface area is 165 Å². The van der Waals surface area contributed by atoms with E-state index >= 15 is 0 Å².